The van der Waals surface area contributed by atoms with Crippen molar-refractivity contribution < 1.29 is 0 Å². The van der Waals surface area contributed by atoms with Crippen molar-refractivity contribution in [3.63, 3.8) is 0 Å². The van der Waals surface area contributed by atoms with Gasteiger partial charge in [-0.1, -0.05) is 135 Å². The molecule has 250 valence electrons. The molecule has 1 aliphatic rings. The van der Waals surface area contributed by atoms with Gasteiger partial charge in [0.1, 0.15) is 0 Å². The van der Waals surface area contributed by atoms with Crippen LogP contribution < -0.4 is 4.90 Å². The molecule has 2 heteroatoms. The first kappa shape index (κ1) is 30.4. The fraction of sp³-hybridized carbons (Fsp3) is 0.0588. The predicted molar refractivity (Wildman–Crippen MR) is 230 cm³/mol. The largest absolute Gasteiger partial charge is 0.310 e. The number of hydrogen-bond acceptors (Lipinski definition) is 2. The van der Waals surface area contributed by atoms with Gasteiger partial charge in [-0.25, -0.2) is 0 Å². The average molecular weight is 694 g/mol. The Hall–Kier alpha value is -6.22. The second-order valence-electron chi connectivity index (χ2n) is 14.9. The van der Waals surface area contributed by atoms with Gasteiger partial charge in [-0.2, -0.15) is 0 Å². The van der Waals surface area contributed by atoms with Gasteiger partial charge in [-0.15, -0.1) is 11.3 Å². The lowest BCUT2D eigenvalue weighted by Crippen LogP contribution is -2.15. The van der Waals surface area contributed by atoms with Crippen LogP contribution in [0.3, 0.4) is 0 Å². The van der Waals surface area contributed by atoms with Crippen LogP contribution in [0, 0.1) is 0 Å². The van der Waals surface area contributed by atoms with Gasteiger partial charge in [0, 0.05) is 42.6 Å². The zero-order valence-corrected chi connectivity index (χ0v) is 30.4. The molecule has 53 heavy (non-hydrogen) atoms. The fourth-order valence-corrected chi connectivity index (χ4v) is 10.1. The standard InChI is InChI=1S/C51H35NS/c1-51(2)47-17-9-7-15-42(47)45-31-36(25-27-48(45)51)52(35-24-26-41-39-13-4-3-11-37(39)38-12-5-6-14-40(38)44(41)30-35)34-22-19-32(20-23-34)33-21-28-50-46(29-33)43-16-8-10-18-49(43)53-50/h3-31H,1-2H3. The summed E-state index contributed by atoms with van der Waals surface area (Å²) in [6.45, 7) is 4.70. The molecule has 0 fully saturated rings. The van der Waals surface area contributed by atoms with Gasteiger partial charge < -0.3 is 4.90 Å². The van der Waals surface area contributed by atoms with Crippen molar-refractivity contribution in [3.8, 4) is 22.3 Å². The number of rotatable bonds is 4. The predicted octanol–water partition coefficient (Wildman–Crippen LogP) is 15.0. The Morgan fingerprint density at radius 1 is 0.358 bits per heavy atom. The second kappa shape index (κ2) is 11.4. The van der Waals surface area contributed by atoms with E-state index in [1.165, 1.54) is 85.9 Å². The number of hydrogen-bond donors (Lipinski definition) is 0. The Balaban J connectivity index is 1.10. The van der Waals surface area contributed by atoms with E-state index in [1.807, 2.05) is 11.3 Å². The Bertz CT molecular complexity index is 3060. The van der Waals surface area contributed by atoms with Gasteiger partial charge in [0.15, 0.2) is 0 Å². The van der Waals surface area contributed by atoms with E-state index in [0.29, 0.717) is 0 Å². The van der Waals surface area contributed by atoms with Crippen LogP contribution in [0.5, 0.6) is 0 Å². The molecule has 0 amide bonds. The maximum absolute atomic E-state index is 2.44. The van der Waals surface area contributed by atoms with E-state index in [0.717, 1.165) is 17.1 Å². The molecule has 0 bridgehead atoms. The first-order chi connectivity index (χ1) is 26.0. The molecule has 9 aromatic carbocycles. The Morgan fingerprint density at radius 2 is 0.887 bits per heavy atom. The van der Waals surface area contributed by atoms with Crippen LogP contribution in [-0.4, -0.2) is 0 Å². The van der Waals surface area contributed by atoms with E-state index in [2.05, 4.69) is 195 Å². The number of anilines is 3. The summed E-state index contributed by atoms with van der Waals surface area (Å²) in [6, 6.07) is 65.5. The van der Waals surface area contributed by atoms with Gasteiger partial charge in [0.2, 0.25) is 0 Å². The number of benzene rings is 9. The first-order valence-electron chi connectivity index (χ1n) is 18.4. The molecular formula is C51H35NS. The molecule has 0 unspecified atom stereocenters. The van der Waals surface area contributed by atoms with Gasteiger partial charge in [0.25, 0.3) is 0 Å². The van der Waals surface area contributed by atoms with Crippen LogP contribution in [0.4, 0.5) is 17.1 Å². The summed E-state index contributed by atoms with van der Waals surface area (Å²) in [5.74, 6) is 0. The molecule has 0 atom stereocenters. The zero-order valence-electron chi connectivity index (χ0n) is 29.6. The summed E-state index contributed by atoms with van der Waals surface area (Å²) >= 11 is 1.87. The van der Waals surface area contributed by atoms with E-state index in [-0.39, 0.29) is 5.41 Å². The van der Waals surface area contributed by atoms with Crippen LogP contribution in [0.1, 0.15) is 25.0 Å². The van der Waals surface area contributed by atoms with E-state index < -0.39 is 0 Å². The maximum Gasteiger partial charge on any atom is 0.0468 e. The minimum atomic E-state index is -0.0469. The highest BCUT2D eigenvalue weighted by Gasteiger charge is 2.35. The van der Waals surface area contributed by atoms with Crippen molar-refractivity contribution in [3.05, 3.63) is 187 Å². The molecule has 1 aromatic heterocycles. The third-order valence-electron chi connectivity index (χ3n) is 11.6. The quantitative estimate of drug-likeness (QED) is 0.166. The summed E-state index contributed by atoms with van der Waals surface area (Å²) in [4.78, 5) is 2.44. The van der Waals surface area contributed by atoms with E-state index in [1.54, 1.807) is 0 Å². The highest BCUT2D eigenvalue weighted by atomic mass is 32.1. The molecule has 0 spiro atoms. The summed E-state index contributed by atoms with van der Waals surface area (Å²) < 4.78 is 2.66. The molecule has 1 heterocycles. The molecule has 11 rings (SSSR count). The molecule has 10 aromatic rings. The molecule has 0 saturated carbocycles. The Morgan fingerprint density at radius 3 is 1.64 bits per heavy atom. The van der Waals surface area contributed by atoms with E-state index in [4.69, 9.17) is 0 Å². The fourth-order valence-electron chi connectivity index (χ4n) is 9.04. The van der Waals surface area contributed by atoms with Crippen molar-refractivity contribution in [2.45, 2.75) is 19.3 Å². The van der Waals surface area contributed by atoms with Crippen molar-refractivity contribution >= 4 is 80.9 Å². The second-order valence-corrected chi connectivity index (χ2v) is 16.0. The highest BCUT2D eigenvalue weighted by Crippen LogP contribution is 2.51. The summed E-state index contributed by atoms with van der Waals surface area (Å²) in [5, 5.41) is 10.3. The lowest BCUT2D eigenvalue weighted by Gasteiger charge is -2.28. The normalized spacial score (nSPS) is 13.2. The number of fused-ring (bicyclic) bond motifs is 12. The average Bonchev–Trinajstić information content (AvgIpc) is 3.69. The summed E-state index contributed by atoms with van der Waals surface area (Å²) in [5.41, 5.74) is 11.2. The van der Waals surface area contributed by atoms with Gasteiger partial charge in [0.05, 0.1) is 0 Å². The number of nitrogens with zero attached hydrogens (tertiary/aromatic N) is 1. The van der Waals surface area contributed by atoms with Crippen molar-refractivity contribution in [2.75, 3.05) is 4.90 Å². The molecular weight excluding hydrogens is 659 g/mol. The smallest absolute Gasteiger partial charge is 0.0468 e. The monoisotopic (exact) mass is 693 g/mol. The number of thiophene rings is 1. The SMILES string of the molecule is CC1(C)c2ccccc2-c2cc(N(c3ccc(-c4ccc5sc6ccccc6c5c4)cc3)c3ccc4c5ccccc5c5ccccc5c4c3)ccc21. The minimum absolute atomic E-state index is 0.0469. The van der Waals surface area contributed by atoms with Crippen LogP contribution in [0.2, 0.25) is 0 Å². The Kier molecular flexibility index (Phi) is 6.53. The topological polar surface area (TPSA) is 3.24 Å². The lowest BCUT2D eigenvalue weighted by molar-refractivity contribution is 0.660. The van der Waals surface area contributed by atoms with Crippen molar-refractivity contribution in [2.24, 2.45) is 0 Å². The van der Waals surface area contributed by atoms with Crippen LogP contribution in [0.25, 0.3) is 74.7 Å². The highest BCUT2D eigenvalue weighted by molar-refractivity contribution is 7.25. The van der Waals surface area contributed by atoms with Gasteiger partial charge in [-0.05, 0) is 120 Å². The van der Waals surface area contributed by atoms with Crippen LogP contribution >= 0.6 is 11.3 Å². The van der Waals surface area contributed by atoms with Crippen LogP contribution in [-0.2, 0) is 5.41 Å². The minimum Gasteiger partial charge on any atom is -0.310 e. The van der Waals surface area contributed by atoms with E-state index in [9.17, 15) is 0 Å². The van der Waals surface area contributed by atoms with Gasteiger partial charge >= 0.3 is 0 Å². The maximum atomic E-state index is 2.44. The van der Waals surface area contributed by atoms with Gasteiger partial charge in [-0.3, -0.25) is 0 Å². The van der Waals surface area contributed by atoms with Crippen molar-refractivity contribution in [1.29, 1.82) is 0 Å². The summed E-state index contributed by atoms with van der Waals surface area (Å²) in [7, 11) is 0. The molecule has 1 aliphatic carbocycles. The first-order valence-corrected chi connectivity index (χ1v) is 19.2. The van der Waals surface area contributed by atoms with Crippen molar-refractivity contribution in [1.82, 2.24) is 0 Å². The Labute approximate surface area is 313 Å². The molecule has 0 aliphatic heterocycles. The lowest BCUT2D eigenvalue weighted by atomic mass is 9.82. The molecule has 0 radical (unpaired) electrons. The third-order valence-corrected chi connectivity index (χ3v) is 12.8. The summed E-state index contributed by atoms with van der Waals surface area (Å²) in [6.07, 6.45) is 0. The molecule has 1 nitrogen and oxygen atoms in total. The third kappa shape index (κ3) is 4.56. The molecule has 0 N–H and O–H groups in total. The van der Waals surface area contributed by atoms with Crippen LogP contribution in [0.15, 0.2) is 176 Å². The zero-order chi connectivity index (χ0) is 35.3. The van der Waals surface area contributed by atoms with E-state index >= 15 is 0 Å². The molecule has 0 saturated heterocycles.